The quantitative estimate of drug-likeness (QED) is 0.330. The molecule has 0 aliphatic heterocycles. The van der Waals surface area contributed by atoms with E-state index >= 15 is 0 Å². The SMILES string of the molecule is CCOC(=O)c1c(NC(=S)Nc2ncn(Cc3ccc(Cl)cc3)n2)sc2c1CCCCCC2. The highest BCUT2D eigenvalue weighted by Gasteiger charge is 2.25. The van der Waals surface area contributed by atoms with Crippen LogP contribution in [0.2, 0.25) is 5.02 Å². The van der Waals surface area contributed by atoms with Crippen molar-refractivity contribution in [2.24, 2.45) is 0 Å². The molecular formula is C23H26ClN5O2S2. The predicted molar refractivity (Wildman–Crippen MR) is 137 cm³/mol. The molecule has 0 atom stereocenters. The number of esters is 1. The fourth-order valence-electron chi connectivity index (χ4n) is 3.87. The number of ether oxygens (including phenoxy) is 1. The van der Waals surface area contributed by atoms with Crippen molar-refractivity contribution in [3.05, 3.63) is 57.2 Å². The number of carbonyl (C=O) groups excluding carboxylic acids is 1. The molecule has 2 heterocycles. The molecule has 1 aromatic carbocycles. The molecule has 3 aromatic rings. The lowest BCUT2D eigenvalue weighted by atomic mass is 9.96. The van der Waals surface area contributed by atoms with Crippen LogP contribution in [0.3, 0.4) is 0 Å². The molecule has 174 valence electrons. The average molecular weight is 504 g/mol. The molecule has 2 N–H and O–H groups in total. The largest absolute Gasteiger partial charge is 0.462 e. The molecule has 1 aliphatic rings. The van der Waals surface area contributed by atoms with Gasteiger partial charge in [-0.2, -0.15) is 0 Å². The first-order valence-electron chi connectivity index (χ1n) is 11.1. The number of aryl methyl sites for hydroxylation is 1. The van der Waals surface area contributed by atoms with E-state index in [1.807, 2.05) is 31.2 Å². The van der Waals surface area contributed by atoms with Gasteiger partial charge in [0.2, 0.25) is 5.95 Å². The van der Waals surface area contributed by atoms with E-state index in [0.717, 1.165) is 41.8 Å². The summed E-state index contributed by atoms with van der Waals surface area (Å²) < 4.78 is 7.08. The molecule has 7 nitrogen and oxygen atoms in total. The van der Waals surface area contributed by atoms with Crippen molar-refractivity contribution in [2.75, 3.05) is 17.2 Å². The van der Waals surface area contributed by atoms with E-state index in [1.165, 1.54) is 17.7 Å². The van der Waals surface area contributed by atoms with Crippen LogP contribution in [0.1, 0.15) is 59.0 Å². The van der Waals surface area contributed by atoms with Crippen molar-refractivity contribution in [1.82, 2.24) is 14.8 Å². The summed E-state index contributed by atoms with van der Waals surface area (Å²) in [7, 11) is 0. The number of rotatable bonds is 6. The van der Waals surface area contributed by atoms with Gasteiger partial charge in [0, 0.05) is 9.90 Å². The number of hydrogen-bond acceptors (Lipinski definition) is 6. The Morgan fingerprint density at radius 3 is 2.70 bits per heavy atom. The molecule has 0 radical (unpaired) electrons. The number of hydrogen-bond donors (Lipinski definition) is 2. The zero-order valence-corrected chi connectivity index (χ0v) is 20.8. The first kappa shape index (κ1) is 23.7. The molecule has 0 amide bonds. The summed E-state index contributed by atoms with van der Waals surface area (Å²) >= 11 is 13.0. The molecule has 10 heteroatoms. The highest BCUT2D eigenvalue weighted by Crippen LogP contribution is 2.37. The Morgan fingerprint density at radius 2 is 1.94 bits per heavy atom. The number of aromatic nitrogens is 3. The van der Waals surface area contributed by atoms with Gasteiger partial charge in [0.25, 0.3) is 0 Å². The van der Waals surface area contributed by atoms with Gasteiger partial charge in [0.1, 0.15) is 11.3 Å². The standard InChI is InChI=1S/C23H26ClN5O2S2/c1-2-31-21(30)19-17-7-5-3-4-6-8-18(17)33-20(19)26-23(32)27-22-25-14-29(28-22)13-15-9-11-16(24)12-10-15/h9-12,14H,2-8,13H2,1H3,(H2,26,27,28,32). The number of halogens is 1. The van der Waals surface area contributed by atoms with E-state index in [0.29, 0.717) is 34.8 Å². The molecule has 0 saturated carbocycles. The highest BCUT2D eigenvalue weighted by molar-refractivity contribution is 7.80. The lowest BCUT2D eigenvalue weighted by Crippen LogP contribution is -2.21. The van der Waals surface area contributed by atoms with Crippen LogP contribution in [0.4, 0.5) is 10.9 Å². The van der Waals surface area contributed by atoms with Gasteiger partial charge in [-0.25, -0.2) is 14.5 Å². The van der Waals surface area contributed by atoms with Crippen molar-refractivity contribution in [3.63, 3.8) is 0 Å². The molecule has 0 spiro atoms. The number of nitrogens with one attached hydrogen (secondary N) is 2. The maximum Gasteiger partial charge on any atom is 0.341 e. The predicted octanol–water partition coefficient (Wildman–Crippen LogP) is 5.69. The first-order valence-corrected chi connectivity index (χ1v) is 12.7. The van der Waals surface area contributed by atoms with E-state index in [1.54, 1.807) is 22.3 Å². The van der Waals surface area contributed by atoms with Crippen molar-refractivity contribution in [3.8, 4) is 0 Å². The van der Waals surface area contributed by atoms with E-state index in [4.69, 9.17) is 28.6 Å². The maximum absolute atomic E-state index is 12.8. The molecular weight excluding hydrogens is 478 g/mol. The number of thiocarbonyl (C=S) groups is 1. The lowest BCUT2D eigenvalue weighted by molar-refractivity contribution is 0.0526. The molecule has 33 heavy (non-hydrogen) atoms. The second kappa shape index (κ2) is 11.1. The summed E-state index contributed by atoms with van der Waals surface area (Å²) in [6, 6.07) is 7.59. The Bertz CT molecular complexity index is 1130. The van der Waals surface area contributed by atoms with E-state index in [9.17, 15) is 4.79 Å². The fourth-order valence-corrected chi connectivity index (χ4v) is 5.53. The smallest absolute Gasteiger partial charge is 0.341 e. The van der Waals surface area contributed by atoms with Crippen molar-refractivity contribution in [1.29, 1.82) is 0 Å². The number of nitrogens with zero attached hydrogens (tertiary/aromatic N) is 3. The van der Waals surface area contributed by atoms with Gasteiger partial charge >= 0.3 is 5.97 Å². The topological polar surface area (TPSA) is 81.1 Å². The minimum atomic E-state index is -0.300. The number of carbonyl (C=O) groups is 1. The van der Waals surface area contributed by atoms with Gasteiger partial charge in [0.15, 0.2) is 5.11 Å². The summed E-state index contributed by atoms with van der Waals surface area (Å²) in [6.45, 7) is 2.72. The van der Waals surface area contributed by atoms with Gasteiger partial charge in [-0.1, -0.05) is 36.6 Å². The third kappa shape index (κ3) is 6.10. The summed E-state index contributed by atoms with van der Waals surface area (Å²) in [4.78, 5) is 18.3. The van der Waals surface area contributed by atoms with Crippen LogP contribution in [0, 0.1) is 0 Å². The second-order valence-electron chi connectivity index (χ2n) is 7.81. The second-order valence-corrected chi connectivity index (χ2v) is 9.76. The Morgan fingerprint density at radius 1 is 1.18 bits per heavy atom. The Hall–Kier alpha value is -2.49. The minimum absolute atomic E-state index is 0.300. The Labute approximate surface area is 207 Å². The van der Waals surface area contributed by atoms with Crippen molar-refractivity contribution in [2.45, 2.75) is 52.0 Å². The monoisotopic (exact) mass is 503 g/mol. The van der Waals surface area contributed by atoms with Crippen molar-refractivity contribution >= 4 is 57.2 Å². The summed E-state index contributed by atoms with van der Waals surface area (Å²) in [5.74, 6) is 0.0836. The molecule has 0 bridgehead atoms. The number of anilines is 2. The zero-order chi connectivity index (χ0) is 23.2. The summed E-state index contributed by atoms with van der Waals surface area (Å²) in [6.07, 6.45) is 8.12. The van der Waals surface area contributed by atoms with Gasteiger partial charge < -0.3 is 10.1 Å². The van der Waals surface area contributed by atoms with Crippen LogP contribution in [0.15, 0.2) is 30.6 Å². The van der Waals surface area contributed by atoms with Crippen LogP contribution in [0.5, 0.6) is 0 Å². The van der Waals surface area contributed by atoms with Gasteiger partial charge in [0.05, 0.1) is 18.7 Å². The normalized spacial score (nSPS) is 13.5. The third-order valence-corrected chi connectivity index (χ3v) is 7.06. The van der Waals surface area contributed by atoms with E-state index in [-0.39, 0.29) is 5.97 Å². The Kier molecular flexibility index (Phi) is 7.95. The van der Waals surface area contributed by atoms with Gasteiger partial charge in [-0.05, 0) is 68.1 Å². The first-order chi connectivity index (χ1) is 16.0. The molecule has 4 rings (SSSR count). The van der Waals surface area contributed by atoms with Crippen LogP contribution in [-0.2, 0) is 24.1 Å². The fraction of sp³-hybridized carbons (Fsp3) is 0.391. The number of benzene rings is 1. The number of fused-ring (bicyclic) bond motifs is 1. The minimum Gasteiger partial charge on any atom is -0.462 e. The Balaban J connectivity index is 1.47. The van der Waals surface area contributed by atoms with Crippen LogP contribution in [-0.4, -0.2) is 32.5 Å². The van der Waals surface area contributed by atoms with Crippen LogP contribution in [0.25, 0.3) is 0 Å². The molecule has 2 aromatic heterocycles. The molecule has 0 fully saturated rings. The summed E-state index contributed by atoms with van der Waals surface area (Å²) in [5, 5.41) is 12.4. The van der Waals surface area contributed by atoms with E-state index < -0.39 is 0 Å². The number of thiophene rings is 1. The van der Waals surface area contributed by atoms with Gasteiger partial charge in [-0.3, -0.25) is 5.32 Å². The molecule has 1 aliphatic carbocycles. The average Bonchev–Trinajstić information content (AvgIpc) is 3.33. The molecule has 0 unspecified atom stereocenters. The van der Waals surface area contributed by atoms with Crippen LogP contribution < -0.4 is 10.6 Å². The highest BCUT2D eigenvalue weighted by atomic mass is 35.5. The van der Waals surface area contributed by atoms with E-state index in [2.05, 4.69) is 20.7 Å². The third-order valence-electron chi connectivity index (χ3n) is 5.40. The lowest BCUT2D eigenvalue weighted by Gasteiger charge is -2.12. The van der Waals surface area contributed by atoms with Crippen LogP contribution >= 0.6 is 35.2 Å². The van der Waals surface area contributed by atoms with Crippen molar-refractivity contribution < 1.29 is 9.53 Å². The zero-order valence-electron chi connectivity index (χ0n) is 18.4. The molecule has 0 saturated heterocycles. The van der Waals surface area contributed by atoms with Gasteiger partial charge in [-0.15, -0.1) is 16.4 Å². The maximum atomic E-state index is 12.8. The summed E-state index contributed by atoms with van der Waals surface area (Å²) in [5.41, 5.74) is 2.78.